The minimum atomic E-state index is 0.527. The van der Waals surface area contributed by atoms with Crippen molar-refractivity contribution in [1.29, 1.82) is 0 Å². The molecule has 0 aliphatic carbocycles. The molecule has 2 rings (SSSR count). The van der Waals surface area contributed by atoms with Crippen molar-refractivity contribution in [2.45, 2.75) is 6.42 Å². The van der Waals surface area contributed by atoms with Gasteiger partial charge in [-0.1, -0.05) is 11.6 Å². The van der Waals surface area contributed by atoms with Crippen LogP contribution in [0.2, 0.25) is 5.02 Å². The molecule has 1 aliphatic rings. The summed E-state index contributed by atoms with van der Waals surface area (Å²) in [5.41, 5.74) is 0. The Bertz CT molecular complexity index is 275. The van der Waals surface area contributed by atoms with Gasteiger partial charge in [-0.15, -0.1) is 0 Å². The number of hydrogen-bond donors (Lipinski definition) is 0. The molecule has 0 aromatic carbocycles. The topological polar surface area (TPSA) is 38.2 Å². The summed E-state index contributed by atoms with van der Waals surface area (Å²) in [5.74, 6) is 0.657. The van der Waals surface area contributed by atoms with E-state index >= 15 is 0 Å². The Balaban J connectivity index is 2.26. The Labute approximate surface area is 75.1 Å². The summed E-state index contributed by atoms with van der Waals surface area (Å²) < 4.78 is 0. The van der Waals surface area contributed by atoms with Gasteiger partial charge in [0.05, 0.1) is 12.8 Å². The van der Waals surface area contributed by atoms with Gasteiger partial charge >= 0.3 is 0 Å². The molecule has 1 saturated heterocycles. The number of rotatable bonds is 1. The zero-order chi connectivity index (χ0) is 8.39. The molecule has 4 nitrogen and oxygen atoms in total. The fourth-order valence-electron chi connectivity index (χ4n) is 1.10. The summed E-state index contributed by atoms with van der Waals surface area (Å²) in [6.07, 6.45) is 4.04. The molecule has 1 aromatic rings. The van der Waals surface area contributed by atoms with Gasteiger partial charge in [0.2, 0.25) is 0 Å². The average molecular weight is 186 g/mol. The van der Waals surface area contributed by atoms with Crippen LogP contribution < -0.4 is 5.06 Å². The SMILES string of the molecule is Clc1cncnc1N1CCCO1. The second-order valence-electron chi connectivity index (χ2n) is 2.48. The van der Waals surface area contributed by atoms with E-state index in [1.807, 2.05) is 0 Å². The van der Waals surface area contributed by atoms with E-state index in [1.54, 1.807) is 11.3 Å². The molecule has 12 heavy (non-hydrogen) atoms. The Morgan fingerprint density at radius 2 is 2.50 bits per heavy atom. The van der Waals surface area contributed by atoms with E-state index < -0.39 is 0 Å². The Hall–Kier alpha value is -0.870. The Morgan fingerprint density at radius 1 is 1.58 bits per heavy atom. The van der Waals surface area contributed by atoms with Gasteiger partial charge in [0.15, 0.2) is 5.82 Å². The van der Waals surface area contributed by atoms with Gasteiger partial charge < -0.3 is 0 Å². The molecule has 0 unspecified atom stereocenters. The minimum absolute atomic E-state index is 0.527. The minimum Gasteiger partial charge on any atom is -0.272 e. The van der Waals surface area contributed by atoms with E-state index in [0.717, 1.165) is 19.6 Å². The molecule has 0 atom stereocenters. The Kier molecular flexibility index (Phi) is 2.10. The first-order chi connectivity index (χ1) is 5.88. The van der Waals surface area contributed by atoms with Crippen molar-refractivity contribution in [3.05, 3.63) is 17.5 Å². The number of aromatic nitrogens is 2. The monoisotopic (exact) mass is 185 g/mol. The lowest BCUT2D eigenvalue weighted by atomic mass is 10.4. The van der Waals surface area contributed by atoms with Crippen molar-refractivity contribution in [1.82, 2.24) is 9.97 Å². The number of halogens is 1. The van der Waals surface area contributed by atoms with E-state index in [0.29, 0.717) is 10.8 Å². The van der Waals surface area contributed by atoms with Crippen LogP contribution >= 0.6 is 11.6 Å². The maximum Gasteiger partial charge on any atom is 0.174 e. The lowest BCUT2D eigenvalue weighted by Gasteiger charge is -2.14. The van der Waals surface area contributed by atoms with Crippen LogP contribution in [0, 0.1) is 0 Å². The number of nitrogens with zero attached hydrogens (tertiary/aromatic N) is 3. The van der Waals surface area contributed by atoms with Crippen LogP contribution in [-0.2, 0) is 4.84 Å². The first-order valence-electron chi connectivity index (χ1n) is 3.74. The summed E-state index contributed by atoms with van der Waals surface area (Å²) in [5, 5.41) is 2.23. The highest BCUT2D eigenvalue weighted by molar-refractivity contribution is 6.32. The molecule has 0 spiro atoms. The second kappa shape index (κ2) is 3.25. The quantitative estimate of drug-likeness (QED) is 0.661. The van der Waals surface area contributed by atoms with Crippen LogP contribution in [0.25, 0.3) is 0 Å². The number of hydroxylamine groups is 1. The molecule has 64 valence electrons. The van der Waals surface area contributed by atoms with Crippen LogP contribution in [0.5, 0.6) is 0 Å². The third kappa shape index (κ3) is 1.35. The van der Waals surface area contributed by atoms with Crippen molar-refractivity contribution in [3.63, 3.8) is 0 Å². The van der Waals surface area contributed by atoms with Crippen molar-refractivity contribution in [3.8, 4) is 0 Å². The lowest BCUT2D eigenvalue weighted by molar-refractivity contribution is 0.166. The highest BCUT2D eigenvalue weighted by Crippen LogP contribution is 2.23. The molecule has 0 N–H and O–H groups in total. The fourth-order valence-corrected chi connectivity index (χ4v) is 1.30. The number of hydrogen-bond acceptors (Lipinski definition) is 4. The molecular formula is C7H8ClN3O. The van der Waals surface area contributed by atoms with Gasteiger partial charge in [-0.25, -0.2) is 15.0 Å². The van der Waals surface area contributed by atoms with E-state index in [1.165, 1.54) is 6.33 Å². The summed E-state index contributed by atoms with van der Waals surface area (Å²) in [7, 11) is 0. The molecule has 5 heteroatoms. The van der Waals surface area contributed by atoms with Gasteiger partial charge in [-0.3, -0.25) is 4.84 Å². The van der Waals surface area contributed by atoms with Crippen molar-refractivity contribution >= 4 is 17.4 Å². The second-order valence-corrected chi connectivity index (χ2v) is 2.89. The van der Waals surface area contributed by atoms with E-state index in [2.05, 4.69) is 9.97 Å². The molecule has 0 bridgehead atoms. The zero-order valence-corrected chi connectivity index (χ0v) is 7.16. The van der Waals surface area contributed by atoms with Crippen molar-refractivity contribution in [2.24, 2.45) is 0 Å². The van der Waals surface area contributed by atoms with Crippen LogP contribution in [0.3, 0.4) is 0 Å². The van der Waals surface area contributed by atoms with Gasteiger partial charge in [-0.05, 0) is 6.42 Å². The molecule has 1 fully saturated rings. The van der Waals surface area contributed by atoms with Crippen molar-refractivity contribution in [2.75, 3.05) is 18.2 Å². The number of anilines is 1. The maximum absolute atomic E-state index is 5.86. The third-order valence-corrected chi connectivity index (χ3v) is 1.90. The third-order valence-electron chi connectivity index (χ3n) is 1.64. The zero-order valence-electron chi connectivity index (χ0n) is 6.40. The van der Waals surface area contributed by atoms with Crippen LogP contribution in [-0.4, -0.2) is 23.1 Å². The summed E-state index contributed by atoms with van der Waals surface area (Å²) >= 11 is 5.86. The molecule has 0 amide bonds. The van der Waals surface area contributed by atoms with Gasteiger partial charge in [0.25, 0.3) is 0 Å². The fraction of sp³-hybridized carbons (Fsp3) is 0.429. The molecule has 1 aliphatic heterocycles. The van der Waals surface area contributed by atoms with Gasteiger partial charge in [0, 0.05) is 6.54 Å². The molecule has 1 aromatic heterocycles. The summed E-state index contributed by atoms with van der Waals surface area (Å²) in [6.45, 7) is 1.58. The lowest BCUT2D eigenvalue weighted by Crippen LogP contribution is -2.17. The largest absolute Gasteiger partial charge is 0.272 e. The average Bonchev–Trinajstić information content (AvgIpc) is 2.57. The van der Waals surface area contributed by atoms with E-state index in [4.69, 9.17) is 16.4 Å². The molecule has 2 heterocycles. The van der Waals surface area contributed by atoms with E-state index in [-0.39, 0.29) is 0 Å². The highest BCUT2D eigenvalue weighted by Gasteiger charge is 2.16. The molecule has 0 saturated carbocycles. The van der Waals surface area contributed by atoms with Crippen LogP contribution in [0.1, 0.15) is 6.42 Å². The normalized spacial score (nSPS) is 16.9. The van der Waals surface area contributed by atoms with Gasteiger partial charge in [-0.2, -0.15) is 0 Å². The standard InChI is InChI=1S/C7H8ClN3O/c8-6-4-9-5-10-7(6)11-2-1-3-12-11/h4-5H,1-3H2. The smallest absolute Gasteiger partial charge is 0.174 e. The predicted molar refractivity (Wildman–Crippen MR) is 45.0 cm³/mol. The van der Waals surface area contributed by atoms with Crippen LogP contribution in [0.4, 0.5) is 5.82 Å². The predicted octanol–water partition coefficient (Wildman–Crippen LogP) is 1.27. The molecule has 0 radical (unpaired) electrons. The van der Waals surface area contributed by atoms with Crippen LogP contribution in [0.15, 0.2) is 12.5 Å². The first kappa shape index (κ1) is 7.76. The molecular weight excluding hydrogens is 178 g/mol. The Morgan fingerprint density at radius 3 is 3.17 bits per heavy atom. The van der Waals surface area contributed by atoms with E-state index in [9.17, 15) is 0 Å². The maximum atomic E-state index is 5.86. The summed E-state index contributed by atoms with van der Waals surface area (Å²) in [6, 6.07) is 0. The highest BCUT2D eigenvalue weighted by atomic mass is 35.5. The van der Waals surface area contributed by atoms with Crippen molar-refractivity contribution < 1.29 is 4.84 Å². The van der Waals surface area contributed by atoms with Gasteiger partial charge in [0.1, 0.15) is 11.3 Å². The summed E-state index contributed by atoms with van der Waals surface area (Å²) in [4.78, 5) is 13.1. The first-order valence-corrected chi connectivity index (χ1v) is 4.11.